The summed E-state index contributed by atoms with van der Waals surface area (Å²) in [5.74, 6) is -1.56. The fourth-order valence-corrected chi connectivity index (χ4v) is 2.04. The molecule has 0 radical (unpaired) electrons. The molecule has 10 heteroatoms. The van der Waals surface area contributed by atoms with Gasteiger partial charge < -0.3 is 5.11 Å². The number of alkyl halides is 3. The average Bonchev–Trinajstić information content (AvgIpc) is 2.65. The Morgan fingerprint density at radius 2 is 1.95 bits per heavy atom. The third-order valence-electron chi connectivity index (χ3n) is 2.48. The van der Waals surface area contributed by atoms with E-state index < -0.39 is 28.6 Å². The summed E-state index contributed by atoms with van der Waals surface area (Å²) in [6, 6.07) is 1.34. The van der Waals surface area contributed by atoms with Crippen LogP contribution < -0.4 is 0 Å². The largest absolute Gasteiger partial charge is 0.478 e. The molecule has 0 saturated heterocycles. The zero-order valence-corrected chi connectivity index (χ0v) is 11.5. The zero-order valence-electron chi connectivity index (χ0n) is 10.7. The van der Waals surface area contributed by atoms with E-state index in [-0.39, 0.29) is 5.82 Å². The minimum atomic E-state index is -4.94. The summed E-state index contributed by atoms with van der Waals surface area (Å²) in [4.78, 5) is 18.9. The van der Waals surface area contributed by atoms with Crippen molar-refractivity contribution in [1.82, 2.24) is 19.7 Å². The lowest BCUT2D eigenvalue weighted by atomic mass is 10.2. The molecule has 21 heavy (non-hydrogen) atoms. The van der Waals surface area contributed by atoms with E-state index in [1.54, 1.807) is 6.92 Å². The monoisotopic (exact) mass is 320 g/mol. The fraction of sp³-hybridized carbons (Fsp3) is 0.273. The lowest BCUT2D eigenvalue weighted by molar-refractivity contribution is -0.141. The Hall–Kier alpha value is -2.16. The Kier molecular flexibility index (Phi) is 3.62. The maximum absolute atomic E-state index is 12.8. The summed E-state index contributed by atoms with van der Waals surface area (Å²) in [5.41, 5.74) is -2.21. The molecular weight excluding hydrogens is 313 g/mol. The number of rotatable bonds is 2. The molecule has 1 N–H and O–H groups in total. The van der Waals surface area contributed by atoms with Crippen molar-refractivity contribution in [3.63, 3.8) is 0 Å². The van der Waals surface area contributed by atoms with E-state index in [1.807, 2.05) is 0 Å². The predicted octanol–water partition coefficient (Wildman–Crippen LogP) is 2.65. The van der Waals surface area contributed by atoms with Gasteiger partial charge in [0.25, 0.3) is 0 Å². The van der Waals surface area contributed by atoms with Crippen molar-refractivity contribution in [2.45, 2.75) is 20.0 Å². The number of aromatic nitrogens is 4. The summed E-state index contributed by atoms with van der Waals surface area (Å²) in [6.45, 7) is 3.15. The third kappa shape index (κ3) is 2.82. The first kappa shape index (κ1) is 15.2. The van der Waals surface area contributed by atoms with Crippen molar-refractivity contribution in [3.05, 3.63) is 34.0 Å². The van der Waals surface area contributed by atoms with Gasteiger partial charge in [-0.25, -0.2) is 19.4 Å². The zero-order chi connectivity index (χ0) is 15.9. The maximum Gasteiger partial charge on any atom is 0.436 e. The van der Waals surface area contributed by atoms with Gasteiger partial charge in [0.1, 0.15) is 16.5 Å². The first-order chi connectivity index (χ1) is 9.61. The van der Waals surface area contributed by atoms with Crippen LogP contribution in [0.2, 0.25) is 5.15 Å². The second kappa shape index (κ2) is 4.99. The van der Waals surface area contributed by atoms with Crippen LogP contribution in [0.5, 0.6) is 0 Å². The van der Waals surface area contributed by atoms with Crippen molar-refractivity contribution < 1.29 is 23.1 Å². The molecule has 0 fully saturated rings. The number of hydrogen-bond acceptors (Lipinski definition) is 4. The van der Waals surface area contributed by atoms with Crippen molar-refractivity contribution in [3.8, 4) is 5.82 Å². The standard InChI is InChI=1S/C11H8ClF3N4O2/c1-4-3-6(17-5(2)16-4)19-9(12)7(10(20)21)8(18-19)11(13,14)15/h3H,1-2H3,(H,20,21). The molecule has 0 spiro atoms. The normalized spacial score (nSPS) is 11.7. The van der Waals surface area contributed by atoms with Gasteiger partial charge in [0, 0.05) is 11.8 Å². The summed E-state index contributed by atoms with van der Waals surface area (Å²) in [7, 11) is 0. The molecule has 2 aromatic rings. The maximum atomic E-state index is 12.8. The second-order valence-electron chi connectivity index (χ2n) is 4.14. The first-order valence-electron chi connectivity index (χ1n) is 5.53. The highest BCUT2D eigenvalue weighted by Gasteiger charge is 2.41. The van der Waals surface area contributed by atoms with Crippen LogP contribution in [0.4, 0.5) is 13.2 Å². The van der Waals surface area contributed by atoms with Gasteiger partial charge in [0.05, 0.1) is 0 Å². The predicted molar refractivity (Wildman–Crippen MR) is 65.6 cm³/mol. The van der Waals surface area contributed by atoms with E-state index in [0.29, 0.717) is 16.2 Å². The number of hydrogen-bond donors (Lipinski definition) is 1. The van der Waals surface area contributed by atoms with Gasteiger partial charge in [-0.2, -0.15) is 18.3 Å². The number of carboxylic acid groups (broad SMARTS) is 1. The quantitative estimate of drug-likeness (QED) is 0.920. The van der Waals surface area contributed by atoms with Crippen LogP contribution >= 0.6 is 11.6 Å². The molecule has 0 saturated carbocycles. The molecular formula is C11H8ClF3N4O2. The van der Waals surface area contributed by atoms with Crippen LogP contribution in [0.15, 0.2) is 6.07 Å². The van der Waals surface area contributed by atoms with E-state index >= 15 is 0 Å². The van der Waals surface area contributed by atoms with Gasteiger partial charge in [-0.3, -0.25) is 0 Å². The van der Waals surface area contributed by atoms with Gasteiger partial charge in [-0.05, 0) is 13.8 Å². The number of nitrogens with zero attached hydrogens (tertiary/aromatic N) is 4. The molecule has 0 amide bonds. The minimum Gasteiger partial charge on any atom is -0.478 e. The van der Waals surface area contributed by atoms with E-state index in [1.165, 1.54) is 13.0 Å². The van der Waals surface area contributed by atoms with Crippen LogP contribution in [-0.4, -0.2) is 30.8 Å². The van der Waals surface area contributed by atoms with Crippen LogP contribution in [0, 0.1) is 13.8 Å². The van der Waals surface area contributed by atoms with Gasteiger partial charge in [-0.15, -0.1) is 0 Å². The van der Waals surface area contributed by atoms with Gasteiger partial charge in [0.15, 0.2) is 11.5 Å². The van der Waals surface area contributed by atoms with Crippen molar-refractivity contribution in [1.29, 1.82) is 0 Å². The van der Waals surface area contributed by atoms with Crippen LogP contribution in [0.1, 0.15) is 27.6 Å². The third-order valence-corrected chi connectivity index (χ3v) is 2.83. The van der Waals surface area contributed by atoms with Crippen molar-refractivity contribution in [2.75, 3.05) is 0 Å². The molecule has 0 aromatic carbocycles. The smallest absolute Gasteiger partial charge is 0.436 e. The summed E-state index contributed by atoms with van der Waals surface area (Å²) in [6.07, 6.45) is -4.94. The lowest BCUT2D eigenvalue weighted by Crippen LogP contribution is -2.12. The minimum absolute atomic E-state index is 0.0389. The Bertz CT molecular complexity index is 707. The molecule has 0 atom stereocenters. The number of carboxylic acids is 1. The van der Waals surface area contributed by atoms with Gasteiger partial charge in [0.2, 0.25) is 0 Å². The highest BCUT2D eigenvalue weighted by Crippen LogP contribution is 2.35. The first-order valence-corrected chi connectivity index (χ1v) is 5.90. The summed E-state index contributed by atoms with van der Waals surface area (Å²) in [5, 5.41) is 11.5. The van der Waals surface area contributed by atoms with Gasteiger partial charge in [-0.1, -0.05) is 11.6 Å². The molecule has 0 unspecified atom stereocenters. The van der Waals surface area contributed by atoms with Crippen LogP contribution in [0.25, 0.3) is 5.82 Å². The topological polar surface area (TPSA) is 80.9 Å². The number of carbonyl (C=O) groups is 1. The molecule has 0 aliphatic carbocycles. The van der Waals surface area contributed by atoms with Crippen LogP contribution in [0.3, 0.4) is 0 Å². The SMILES string of the molecule is Cc1cc(-n2nc(C(F)(F)F)c(C(=O)O)c2Cl)nc(C)n1. The van der Waals surface area contributed by atoms with E-state index in [9.17, 15) is 18.0 Å². The number of aromatic carboxylic acids is 1. The van der Waals surface area contributed by atoms with Crippen molar-refractivity contribution in [2.24, 2.45) is 0 Å². The van der Waals surface area contributed by atoms with Gasteiger partial charge >= 0.3 is 12.1 Å². The number of halogens is 4. The number of aryl methyl sites for hydroxylation is 2. The average molecular weight is 321 g/mol. The second-order valence-corrected chi connectivity index (χ2v) is 4.50. The van der Waals surface area contributed by atoms with E-state index in [4.69, 9.17) is 16.7 Å². The fourth-order valence-electron chi connectivity index (χ4n) is 1.74. The Morgan fingerprint density at radius 3 is 2.38 bits per heavy atom. The van der Waals surface area contributed by atoms with E-state index in [0.717, 1.165) is 0 Å². The van der Waals surface area contributed by atoms with Crippen LogP contribution in [-0.2, 0) is 6.18 Å². The molecule has 0 bridgehead atoms. The summed E-state index contributed by atoms with van der Waals surface area (Å²) < 4.78 is 39.2. The molecule has 2 aromatic heterocycles. The Balaban J connectivity index is 2.74. The Labute approximate surface area is 121 Å². The van der Waals surface area contributed by atoms with E-state index in [2.05, 4.69) is 15.1 Å². The van der Waals surface area contributed by atoms with Crippen molar-refractivity contribution >= 4 is 17.6 Å². The molecule has 0 aliphatic rings. The molecule has 6 nitrogen and oxygen atoms in total. The lowest BCUT2D eigenvalue weighted by Gasteiger charge is -2.04. The molecule has 2 heterocycles. The highest BCUT2D eigenvalue weighted by atomic mass is 35.5. The molecule has 0 aliphatic heterocycles. The molecule has 112 valence electrons. The highest BCUT2D eigenvalue weighted by molar-refractivity contribution is 6.33. The summed E-state index contributed by atoms with van der Waals surface area (Å²) >= 11 is 5.73. The molecule has 2 rings (SSSR count). The Morgan fingerprint density at radius 1 is 1.33 bits per heavy atom.